The number of nitrogens with zero attached hydrogens (tertiary/aromatic N) is 3. The maximum absolute atomic E-state index is 11.7. The zero-order valence-electron chi connectivity index (χ0n) is 27.9. The van der Waals surface area contributed by atoms with Crippen LogP contribution >= 0.6 is 23.2 Å². The Morgan fingerprint density at radius 1 is 0.780 bits per heavy atom. The standard InChI is InChI=1S/C37H39Cl2N7O4/c1-49-36-30(18-40-16-21-10-13-31(47)43-21)42-19-29(46-36)26-8-4-6-24(35(26)39)23-5-3-7-25(34(23)38)28-15-20-9-12-27(33(20)37(45-28)50-2)41-17-22-11-14-32(48)44-22/h3-8,15,19,21-22,27,40-41H,9-14,16-18H2,1-2H3,(H,43,47)(H,44,48)/t21-,22-,27-/m0/s1. The number of aryl methyl sites for hydroxylation is 1. The van der Waals surface area contributed by atoms with Gasteiger partial charge in [0, 0.05) is 78.4 Å². The van der Waals surface area contributed by atoms with Crippen LogP contribution in [0.15, 0.2) is 48.7 Å². The predicted molar refractivity (Wildman–Crippen MR) is 192 cm³/mol. The molecule has 2 aromatic heterocycles. The number of aromatic nitrogens is 3. The van der Waals surface area contributed by atoms with E-state index >= 15 is 0 Å². The lowest BCUT2D eigenvalue weighted by molar-refractivity contribution is -0.120. The lowest BCUT2D eigenvalue weighted by atomic mass is 9.97. The molecule has 2 fully saturated rings. The fourth-order valence-electron chi connectivity index (χ4n) is 7.10. The van der Waals surface area contributed by atoms with Gasteiger partial charge in [-0.2, -0.15) is 0 Å². The molecule has 0 spiro atoms. The van der Waals surface area contributed by atoms with Gasteiger partial charge < -0.3 is 30.7 Å². The maximum atomic E-state index is 11.7. The Balaban J connectivity index is 1.13. The molecule has 7 rings (SSSR count). The van der Waals surface area contributed by atoms with Crippen molar-refractivity contribution in [3.05, 3.63) is 75.5 Å². The molecule has 0 bridgehead atoms. The number of amides is 2. The van der Waals surface area contributed by atoms with Crippen LogP contribution in [0, 0.1) is 0 Å². The van der Waals surface area contributed by atoms with Crippen molar-refractivity contribution in [3.63, 3.8) is 0 Å². The van der Waals surface area contributed by atoms with E-state index in [0.29, 0.717) is 71.2 Å². The Kier molecular flexibility index (Phi) is 10.2. The van der Waals surface area contributed by atoms with Crippen LogP contribution in [0.1, 0.15) is 55.0 Å². The first-order chi connectivity index (χ1) is 24.3. The highest BCUT2D eigenvalue weighted by Crippen LogP contribution is 2.44. The fourth-order valence-corrected chi connectivity index (χ4v) is 7.75. The third kappa shape index (κ3) is 7.00. The summed E-state index contributed by atoms with van der Waals surface area (Å²) in [4.78, 5) is 37.5. The van der Waals surface area contributed by atoms with Gasteiger partial charge in [0.25, 0.3) is 0 Å². The average molecular weight is 717 g/mol. The predicted octanol–water partition coefficient (Wildman–Crippen LogP) is 5.42. The molecule has 2 saturated heterocycles. The SMILES string of the molecule is COc1nc(-c2cccc(-c3cccc(-c4cc5c(c(OC)n4)[C@@H](NC[C@@H]4CCC(=O)N4)CC5)c3Cl)c2Cl)cnc1CNC[C@@H]1CCC(=O)N1. The second-order valence-electron chi connectivity index (χ2n) is 12.9. The van der Waals surface area contributed by atoms with Crippen molar-refractivity contribution in [2.24, 2.45) is 0 Å². The first-order valence-electron chi connectivity index (χ1n) is 16.9. The van der Waals surface area contributed by atoms with Gasteiger partial charge in [0.2, 0.25) is 23.6 Å². The van der Waals surface area contributed by atoms with Crippen LogP contribution in [0.25, 0.3) is 33.6 Å². The normalized spacial score (nSPS) is 19.7. The van der Waals surface area contributed by atoms with Crippen molar-refractivity contribution in [1.29, 1.82) is 0 Å². The van der Waals surface area contributed by atoms with Crippen LogP contribution < -0.4 is 30.7 Å². The molecule has 0 unspecified atom stereocenters. The third-order valence-electron chi connectivity index (χ3n) is 9.66. The van der Waals surface area contributed by atoms with Gasteiger partial charge in [-0.1, -0.05) is 59.6 Å². The zero-order chi connectivity index (χ0) is 34.8. The Morgan fingerprint density at radius 3 is 2.00 bits per heavy atom. The van der Waals surface area contributed by atoms with E-state index in [4.69, 9.17) is 42.6 Å². The van der Waals surface area contributed by atoms with E-state index in [-0.39, 0.29) is 29.9 Å². The zero-order valence-corrected chi connectivity index (χ0v) is 29.5. The highest BCUT2D eigenvalue weighted by molar-refractivity contribution is 6.39. The number of carbonyl (C=O) groups excluding carboxylic acids is 2. The highest BCUT2D eigenvalue weighted by Gasteiger charge is 2.30. The lowest BCUT2D eigenvalue weighted by Gasteiger charge is -2.20. The van der Waals surface area contributed by atoms with Crippen molar-refractivity contribution < 1.29 is 19.1 Å². The number of halogens is 2. The summed E-state index contributed by atoms with van der Waals surface area (Å²) in [7, 11) is 3.20. The Morgan fingerprint density at radius 2 is 1.38 bits per heavy atom. The topological polar surface area (TPSA) is 139 Å². The number of methoxy groups -OCH3 is 2. The molecule has 4 aromatic rings. The molecule has 2 aliphatic heterocycles. The molecule has 11 nitrogen and oxygen atoms in total. The van der Waals surface area contributed by atoms with Crippen molar-refractivity contribution in [3.8, 4) is 45.4 Å². The molecule has 13 heteroatoms. The number of ether oxygens (including phenoxy) is 2. The minimum atomic E-state index is 0.0847. The molecule has 2 aromatic carbocycles. The molecular weight excluding hydrogens is 677 g/mol. The van der Waals surface area contributed by atoms with Gasteiger partial charge in [0.1, 0.15) is 5.69 Å². The smallest absolute Gasteiger partial charge is 0.237 e. The number of hydrogen-bond acceptors (Lipinski definition) is 9. The van der Waals surface area contributed by atoms with Crippen molar-refractivity contribution in [2.75, 3.05) is 27.3 Å². The van der Waals surface area contributed by atoms with Crippen molar-refractivity contribution in [2.45, 2.75) is 63.2 Å². The van der Waals surface area contributed by atoms with E-state index in [9.17, 15) is 9.59 Å². The summed E-state index contributed by atoms with van der Waals surface area (Å²) < 4.78 is 11.4. The highest BCUT2D eigenvalue weighted by atomic mass is 35.5. The van der Waals surface area contributed by atoms with E-state index in [0.717, 1.165) is 59.2 Å². The molecule has 4 heterocycles. The van der Waals surface area contributed by atoms with Gasteiger partial charge in [0.05, 0.1) is 41.8 Å². The second-order valence-corrected chi connectivity index (χ2v) is 13.6. The summed E-state index contributed by atoms with van der Waals surface area (Å²) in [6.45, 7) is 1.79. The molecular formula is C37H39Cl2N7O4. The molecule has 3 aliphatic rings. The monoisotopic (exact) mass is 715 g/mol. The summed E-state index contributed by atoms with van der Waals surface area (Å²) in [6, 6.07) is 14.0. The van der Waals surface area contributed by atoms with Gasteiger partial charge in [-0.05, 0) is 37.3 Å². The number of nitrogens with one attached hydrogen (secondary N) is 4. The first-order valence-corrected chi connectivity index (χ1v) is 17.7. The van der Waals surface area contributed by atoms with Gasteiger partial charge in [-0.25, -0.2) is 9.97 Å². The van der Waals surface area contributed by atoms with Gasteiger partial charge >= 0.3 is 0 Å². The molecule has 3 atom stereocenters. The van der Waals surface area contributed by atoms with Gasteiger partial charge in [0.15, 0.2) is 0 Å². The number of fused-ring (bicyclic) bond motifs is 1. The van der Waals surface area contributed by atoms with E-state index in [1.165, 1.54) is 0 Å². The lowest BCUT2D eigenvalue weighted by Crippen LogP contribution is -2.36. The van der Waals surface area contributed by atoms with E-state index in [1.54, 1.807) is 20.4 Å². The van der Waals surface area contributed by atoms with Crippen LogP contribution in [0.5, 0.6) is 11.8 Å². The summed E-state index contributed by atoms with van der Waals surface area (Å²) in [5.74, 6) is 1.16. The molecule has 50 heavy (non-hydrogen) atoms. The molecule has 260 valence electrons. The number of carbonyl (C=O) groups is 2. The van der Waals surface area contributed by atoms with Crippen molar-refractivity contribution in [1.82, 2.24) is 36.2 Å². The molecule has 0 saturated carbocycles. The van der Waals surface area contributed by atoms with Crippen molar-refractivity contribution >= 4 is 35.0 Å². The summed E-state index contributed by atoms with van der Waals surface area (Å²) in [5.41, 5.74) is 7.14. The third-order valence-corrected chi connectivity index (χ3v) is 10.5. The maximum Gasteiger partial charge on any atom is 0.237 e. The largest absolute Gasteiger partial charge is 0.481 e. The van der Waals surface area contributed by atoms with Crippen LogP contribution in [-0.2, 0) is 22.6 Å². The Hall–Kier alpha value is -4.29. The first kappa shape index (κ1) is 34.2. The number of hydrogen-bond donors (Lipinski definition) is 4. The van der Waals surface area contributed by atoms with E-state index in [2.05, 4.69) is 32.3 Å². The number of pyridine rings is 1. The van der Waals surface area contributed by atoms with Gasteiger partial charge in [-0.3, -0.25) is 14.6 Å². The quantitative estimate of drug-likeness (QED) is 0.151. The minimum Gasteiger partial charge on any atom is -0.481 e. The molecule has 4 N–H and O–H groups in total. The van der Waals surface area contributed by atoms with Crippen LogP contribution in [-0.4, -0.2) is 66.2 Å². The molecule has 1 aliphatic carbocycles. The number of benzene rings is 2. The van der Waals surface area contributed by atoms with E-state index < -0.39 is 0 Å². The summed E-state index contributed by atoms with van der Waals surface area (Å²) >= 11 is 14.3. The van der Waals surface area contributed by atoms with Crippen LogP contribution in [0.2, 0.25) is 10.0 Å². The molecule has 0 radical (unpaired) electrons. The van der Waals surface area contributed by atoms with Gasteiger partial charge in [-0.15, -0.1) is 0 Å². The minimum absolute atomic E-state index is 0.0847. The van der Waals surface area contributed by atoms with E-state index in [1.807, 2.05) is 36.4 Å². The Labute approximate surface area is 300 Å². The number of rotatable bonds is 12. The summed E-state index contributed by atoms with van der Waals surface area (Å²) in [5, 5.41) is 14.0. The molecule has 2 amide bonds. The second kappa shape index (κ2) is 14.9. The van der Waals surface area contributed by atoms with Crippen LogP contribution in [0.3, 0.4) is 0 Å². The average Bonchev–Trinajstić information content (AvgIpc) is 3.86. The Bertz CT molecular complexity index is 1940. The summed E-state index contributed by atoms with van der Waals surface area (Å²) in [6.07, 6.45) is 6.27. The fraction of sp³-hybridized carbons (Fsp3) is 0.378. The van der Waals surface area contributed by atoms with Crippen LogP contribution in [0.4, 0.5) is 0 Å².